The molecular formula is C24H47NO. The van der Waals surface area contributed by atoms with E-state index in [9.17, 15) is 0 Å². The van der Waals surface area contributed by atoms with Crippen LogP contribution in [-0.4, -0.2) is 36.2 Å². The monoisotopic (exact) mass is 365 g/mol. The Morgan fingerprint density at radius 2 is 1.00 bits per heavy atom. The van der Waals surface area contributed by atoms with Crippen LogP contribution in [0.1, 0.15) is 117 Å². The fraction of sp³-hybridized carbons (Fsp3) is 0.917. The van der Waals surface area contributed by atoms with Gasteiger partial charge in [-0.1, -0.05) is 71.6 Å². The Hall–Kier alpha value is -0.520. The molecule has 154 valence electrons. The van der Waals surface area contributed by atoms with Gasteiger partial charge in [-0.15, -0.1) is 11.8 Å². The normalized spacial score (nSPS) is 10.9. The Morgan fingerprint density at radius 1 is 0.538 bits per heavy atom. The zero-order valence-corrected chi connectivity index (χ0v) is 18.0. The highest BCUT2D eigenvalue weighted by atomic mass is 16.3. The fourth-order valence-corrected chi connectivity index (χ4v) is 3.27. The maximum absolute atomic E-state index is 9.11. The van der Waals surface area contributed by atoms with Gasteiger partial charge >= 0.3 is 0 Å². The van der Waals surface area contributed by atoms with Crippen LogP contribution in [0.4, 0.5) is 0 Å². The van der Waals surface area contributed by atoms with Gasteiger partial charge in [0.05, 0.1) is 0 Å². The predicted molar refractivity (Wildman–Crippen MR) is 117 cm³/mol. The smallest absolute Gasteiger partial charge is 0.0443 e. The van der Waals surface area contributed by atoms with Gasteiger partial charge in [0, 0.05) is 26.0 Å². The molecule has 0 heterocycles. The van der Waals surface area contributed by atoms with Crippen molar-refractivity contribution in [3.8, 4) is 11.8 Å². The average Bonchev–Trinajstić information content (AvgIpc) is 2.66. The second-order valence-electron chi connectivity index (χ2n) is 7.66. The molecule has 0 atom stereocenters. The third-order valence-electron chi connectivity index (χ3n) is 5.02. The zero-order chi connectivity index (χ0) is 19.1. The van der Waals surface area contributed by atoms with Crippen LogP contribution in [0.15, 0.2) is 0 Å². The molecule has 0 radical (unpaired) electrons. The van der Waals surface area contributed by atoms with Crippen molar-refractivity contribution in [1.82, 2.24) is 4.90 Å². The fourth-order valence-electron chi connectivity index (χ4n) is 3.27. The van der Waals surface area contributed by atoms with Crippen molar-refractivity contribution in [1.29, 1.82) is 0 Å². The summed E-state index contributed by atoms with van der Waals surface area (Å²) in [4.78, 5) is 2.58. The zero-order valence-electron chi connectivity index (χ0n) is 18.0. The van der Waals surface area contributed by atoms with Gasteiger partial charge in [-0.3, -0.25) is 0 Å². The standard InChI is InChI=1S/C24H47NO/c1-3-5-7-9-11-12-13-14-15-17-19-22-25(23-20-24-26)21-18-16-10-8-6-4-2/h26H,3-8,10,12-24H2,1-2H3. The van der Waals surface area contributed by atoms with E-state index >= 15 is 0 Å². The molecule has 0 aliphatic heterocycles. The molecule has 0 saturated carbocycles. The number of rotatable bonds is 19. The summed E-state index contributed by atoms with van der Waals surface area (Å²) in [5.74, 6) is 6.59. The van der Waals surface area contributed by atoms with Gasteiger partial charge in [0.25, 0.3) is 0 Å². The molecule has 0 fully saturated rings. The van der Waals surface area contributed by atoms with E-state index in [1.807, 2.05) is 0 Å². The number of unbranched alkanes of at least 4 members (excludes halogenated alkanes) is 12. The van der Waals surface area contributed by atoms with E-state index in [0.29, 0.717) is 6.61 Å². The van der Waals surface area contributed by atoms with E-state index < -0.39 is 0 Å². The highest BCUT2D eigenvalue weighted by Crippen LogP contribution is 2.09. The van der Waals surface area contributed by atoms with Crippen molar-refractivity contribution in [2.75, 3.05) is 26.2 Å². The number of aliphatic hydroxyl groups is 1. The van der Waals surface area contributed by atoms with E-state index in [4.69, 9.17) is 5.11 Å². The van der Waals surface area contributed by atoms with Crippen LogP contribution in [-0.2, 0) is 0 Å². The van der Waals surface area contributed by atoms with Crippen LogP contribution in [0.5, 0.6) is 0 Å². The molecular weight excluding hydrogens is 318 g/mol. The highest BCUT2D eigenvalue weighted by Gasteiger charge is 2.04. The SMILES string of the molecule is CCCCC#CCCCCCCCN(CCCO)CCCCCCCC. The molecule has 0 saturated heterocycles. The summed E-state index contributed by atoms with van der Waals surface area (Å²) in [5.41, 5.74) is 0. The second-order valence-corrected chi connectivity index (χ2v) is 7.66. The Bertz CT molecular complexity index is 318. The van der Waals surface area contributed by atoms with Gasteiger partial charge in [0.1, 0.15) is 0 Å². The Kier molecular flexibility index (Phi) is 22.1. The third kappa shape index (κ3) is 19.8. The minimum absolute atomic E-state index is 0.326. The molecule has 26 heavy (non-hydrogen) atoms. The Morgan fingerprint density at radius 3 is 1.58 bits per heavy atom. The van der Waals surface area contributed by atoms with Crippen LogP contribution in [0, 0.1) is 11.8 Å². The molecule has 0 unspecified atom stereocenters. The van der Waals surface area contributed by atoms with Crippen molar-refractivity contribution in [2.45, 2.75) is 117 Å². The maximum Gasteiger partial charge on any atom is 0.0443 e. The maximum atomic E-state index is 9.11. The molecule has 0 spiro atoms. The first-order valence-electron chi connectivity index (χ1n) is 11.6. The van der Waals surface area contributed by atoms with Gasteiger partial charge in [-0.2, -0.15) is 0 Å². The molecule has 0 aromatic heterocycles. The van der Waals surface area contributed by atoms with Crippen molar-refractivity contribution in [3.05, 3.63) is 0 Å². The molecule has 0 rings (SSSR count). The lowest BCUT2D eigenvalue weighted by molar-refractivity contribution is 0.217. The van der Waals surface area contributed by atoms with Crippen LogP contribution in [0.25, 0.3) is 0 Å². The highest BCUT2D eigenvalue weighted by molar-refractivity contribution is 4.98. The molecule has 0 amide bonds. The van der Waals surface area contributed by atoms with Gasteiger partial charge in [-0.25, -0.2) is 0 Å². The van der Waals surface area contributed by atoms with Gasteiger partial charge in [0.2, 0.25) is 0 Å². The third-order valence-corrected chi connectivity index (χ3v) is 5.02. The van der Waals surface area contributed by atoms with Gasteiger partial charge < -0.3 is 10.0 Å². The summed E-state index contributed by atoms with van der Waals surface area (Å²) >= 11 is 0. The first-order valence-corrected chi connectivity index (χ1v) is 11.6. The number of hydrogen-bond acceptors (Lipinski definition) is 2. The van der Waals surface area contributed by atoms with Crippen molar-refractivity contribution < 1.29 is 5.11 Å². The summed E-state index contributed by atoms with van der Waals surface area (Å²) in [5, 5.41) is 9.11. The van der Waals surface area contributed by atoms with Crippen molar-refractivity contribution in [3.63, 3.8) is 0 Å². The summed E-state index contributed by atoms with van der Waals surface area (Å²) in [6.45, 7) is 8.33. The lowest BCUT2D eigenvalue weighted by atomic mass is 10.1. The summed E-state index contributed by atoms with van der Waals surface area (Å²) in [6.07, 6.45) is 20.4. The quantitative estimate of drug-likeness (QED) is 0.207. The van der Waals surface area contributed by atoms with Crippen molar-refractivity contribution >= 4 is 0 Å². The minimum atomic E-state index is 0.326. The van der Waals surface area contributed by atoms with E-state index in [-0.39, 0.29) is 0 Å². The number of aliphatic hydroxyl groups excluding tert-OH is 1. The van der Waals surface area contributed by atoms with Crippen LogP contribution < -0.4 is 0 Å². The van der Waals surface area contributed by atoms with E-state index in [1.54, 1.807) is 0 Å². The summed E-state index contributed by atoms with van der Waals surface area (Å²) < 4.78 is 0. The molecule has 0 aliphatic rings. The molecule has 0 aromatic rings. The van der Waals surface area contributed by atoms with Crippen LogP contribution in [0.3, 0.4) is 0 Å². The molecule has 0 aliphatic carbocycles. The van der Waals surface area contributed by atoms with Gasteiger partial charge in [0.15, 0.2) is 0 Å². The van der Waals surface area contributed by atoms with E-state index in [2.05, 4.69) is 30.6 Å². The summed E-state index contributed by atoms with van der Waals surface area (Å²) in [6, 6.07) is 0. The lowest BCUT2D eigenvalue weighted by Crippen LogP contribution is -2.27. The second kappa shape index (κ2) is 22.5. The van der Waals surface area contributed by atoms with E-state index in [1.165, 1.54) is 96.6 Å². The van der Waals surface area contributed by atoms with E-state index in [0.717, 1.165) is 25.8 Å². The molecule has 0 bridgehead atoms. The first-order chi connectivity index (χ1) is 12.8. The summed E-state index contributed by atoms with van der Waals surface area (Å²) in [7, 11) is 0. The first kappa shape index (κ1) is 25.5. The van der Waals surface area contributed by atoms with Crippen LogP contribution >= 0.6 is 0 Å². The minimum Gasteiger partial charge on any atom is -0.396 e. The Balaban J connectivity index is 3.58. The average molecular weight is 366 g/mol. The number of hydrogen-bond donors (Lipinski definition) is 1. The van der Waals surface area contributed by atoms with Crippen LogP contribution in [0.2, 0.25) is 0 Å². The van der Waals surface area contributed by atoms with Gasteiger partial charge in [-0.05, 0) is 45.2 Å². The molecule has 2 heteroatoms. The van der Waals surface area contributed by atoms with Crippen molar-refractivity contribution in [2.24, 2.45) is 0 Å². The lowest BCUT2D eigenvalue weighted by Gasteiger charge is -2.22. The molecule has 2 nitrogen and oxygen atoms in total. The molecule has 0 aromatic carbocycles. The predicted octanol–water partition coefficient (Wildman–Crippen LogP) is 6.57. The molecule has 1 N–H and O–H groups in total. The number of nitrogens with zero attached hydrogens (tertiary/aromatic N) is 1. The topological polar surface area (TPSA) is 23.5 Å². The largest absolute Gasteiger partial charge is 0.396 e. The Labute approximate surface area is 165 Å².